The summed E-state index contributed by atoms with van der Waals surface area (Å²) in [4.78, 5) is 41.8. The Balaban J connectivity index is 1.63. The van der Waals surface area contributed by atoms with E-state index in [0.29, 0.717) is 39.9 Å². The fourth-order valence-corrected chi connectivity index (χ4v) is 6.62. The number of carbonyl (C=O) groups excluding carboxylic acids is 3. The van der Waals surface area contributed by atoms with E-state index in [1.165, 1.54) is 7.11 Å². The lowest BCUT2D eigenvalue weighted by atomic mass is 9.63. The maximum Gasteiger partial charge on any atom is 0.337 e. The molecule has 2 heterocycles. The van der Waals surface area contributed by atoms with Crippen LogP contribution in [-0.4, -0.2) is 36.5 Å². The molecule has 5 rings (SSSR count). The van der Waals surface area contributed by atoms with Gasteiger partial charge in [-0.15, -0.1) is 0 Å². The van der Waals surface area contributed by atoms with E-state index >= 15 is 0 Å². The van der Waals surface area contributed by atoms with Crippen LogP contribution in [-0.2, 0) is 14.9 Å². The zero-order valence-electron chi connectivity index (χ0n) is 22.8. The average molecular weight is 581 g/mol. The van der Waals surface area contributed by atoms with Crippen molar-refractivity contribution in [1.82, 2.24) is 4.90 Å². The van der Waals surface area contributed by atoms with Gasteiger partial charge >= 0.3 is 12.0 Å². The van der Waals surface area contributed by atoms with Gasteiger partial charge in [0.25, 0.3) is 0 Å². The van der Waals surface area contributed by atoms with Crippen molar-refractivity contribution in [2.75, 3.05) is 24.3 Å². The maximum absolute atomic E-state index is 14.2. The average Bonchev–Trinajstić information content (AvgIpc) is 3.37. The van der Waals surface area contributed by atoms with Crippen LogP contribution in [0.15, 0.2) is 66.7 Å². The van der Waals surface area contributed by atoms with E-state index in [4.69, 9.17) is 27.9 Å². The molecule has 3 atom stereocenters. The fourth-order valence-electron chi connectivity index (χ4n) is 6.25. The number of ether oxygens (including phenoxy) is 1. The molecule has 3 amide bonds. The summed E-state index contributed by atoms with van der Waals surface area (Å²) in [5, 5.41) is 7.08. The van der Waals surface area contributed by atoms with Gasteiger partial charge in [-0.1, -0.05) is 62.2 Å². The van der Waals surface area contributed by atoms with Crippen LogP contribution in [0.5, 0.6) is 0 Å². The molecular weight excluding hydrogens is 549 g/mol. The van der Waals surface area contributed by atoms with Crippen molar-refractivity contribution in [3.8, 4) is 0 Å². The van der Waals surface area contributed by atoms with Gasteiger partial charge in [-0.25, -0.2) is 9.59 Å². The summed E-state index contributed by atoms with van der Waals surface area (Å²) in [7, 11) is 1.32. The third kappa shape index (κ3) is 4.93. The number of methoxy groups -OCH3 is 1. The van der Waals surface area contributed by atoms with Gasteiger partial charge in [-0.3, -0.25) is 4.79 Å². The standard InChI is InChI=1S/C31H31Cl2N3O4/c1-30(2,3)16-20-17-36(29(39)34-23-11-8-18(9-12-23)27(37)40-4)26(19-6-5-7-21(32)14-19)31(20)24-13-10-22(33)15-25(24)35-28(31)38/h5-15,20,26H,16-17H2,1-4H3,(H,34,39)(H,35,38). The number of benzene rings is 3. The number of amides is 3. The molecule has 2 N–H and O–H groups in total. The van der Waals surface area contributed by atoms with Gasteiger partial charge in [0.05, 0.1) is 18.7 Å². The minimum absolute atomic E-state index is 0.123. The molecule has 3 aromatic carbocycles. The van der Waals surface area contributed by atoms with Gasteiger partial charge in [0, 0.05) is 28.0 Å². The number of esters is 1. The molecule has 7 nitrogen and oxygen atoms in total. The van der Waals surface area contributed by atoms with Crippen molar-refractivity contribution in [2.24, 2.45) is 11.3 Å². The first-order valence-electron chi connectivity index (χ1n) is 13.1. The van der Waals surface area contributed by atoms with E-state index in [-0.39, 0.29) is 23.3 Å². The van der Waals surface area contributed by atoms with Crippen LogP contribution in [0.25, 0.3) is 0 Å². The molecule has 1 saturated heterocycles. The zero-order chi connectivity index (χ0) is 28.8. The highest BCUT2D eigenvalue weighted by molar-refractivity contribution is 6.31. The Labute approximate surface area is 243 Å². The van der Waals surface area contributed by atoms with Gasteiger partial charge in [0.2, 0.25) is 5.91 Å². The predicted molar refractivity (Wildman–Crippen MR) is 157 cm³/mol. The molecule has 208 valence electrons. The first-order valence-corrected chi connectivity index (χ1v) is 13.8. The number of nitrogens with zero attached hydrogens (tertiary/aromatic N) is 1. The fraction of sp³-hybridized carbons (Fsp3) is 0.323. The minimum Gasteiger partial charge on any atom is -0.465 e. The molecule has 0 bridgehead atoms. The Bertz CT molecular complexity index is 1480. The molecule has 3 unspecified atom stereocenters. The number of anilines is 2. The molecule has 0 radical (unpaired) electrons. The van der Waals surface area contributed by atoms with Crippen LogP contribution in [0, 0.1) is 11.3 Å². The van der Waals surface area contributed by atoms with Crippen LogP contribution in [0.1, 0.15) is 54.7 Å². The monoisotopic (exact) mass is 579 g/mol. The summed E-state index contributed by atoms with van der Waals surface area (Å²) >= 11 is 12.8. The molecule has 0 saturated carbocycles. The lowest BCUT2D eigenvalue weighted by Crippen LogP contribution is -2.46. The Morgan fingerprint density at radius 2 is 1.75 bits per heavy atom. The van der Waals surface area contributed by atoms with Crippen LogP contribution >= 0.6 is 23.2 Å². The summed E-state index contributed by atoms with van der Waals surface area (Å²) in [6.45, 7) is 6.75. The number of fused-ring (bicyclic) bond motifs is 2. The SMILES string of the molecule is COC(=O)c1ccc(NC(=O)N2CC(CC(C)(C)C)C3(C(=O)Nc4cc(Cl)ccc43)C2c2cccc(Cl)c2)cc1. The first kappa shape index (κ1) is 28.0. The Morgan fingerprint density at radius 1 is 1.05 bits per heavy atom. The number of halogens is 2. The molecule has 0 aliphatic carbocycles. The van der Waals surface area contributed by atoms with Gasteiger partial charge in [-0.05, 0) is 77.4 Å². The van der Waals surface area contributed by atoms with Crippen molar-refractivity contribution >= 4 is 52.5 Å². The zero-order valence-corrected chi connectivity index (χ0v) is 24.3. The van der Waals surface area contributed by atoms with Crippen LogP contribution in [0.4, 0.5) is 16.2 Å². The summed E-state index contributed by atoms with van der Waals surface area (Å²) in [5.41, 5.74) is 1.94. The minimum atomic E-state index is -1.07. The topological polar surface area (TPSA) is 87.7 Å². The van der Waals surface area contributed by atoms with E-state index in [2.05, 4.69) is 31.4 Å². The Kier molecular flexibility index (Phi) is 7.31. The van der Waals surface area contributed by atoms with E-state index in [0.717, 1.165) is 11.1 Å². The van der Waals surface area contributed by atoms with Crippen molar-refractivity contribution in [1.29, 1.82) is 0 Å². The van der Waals surface area contributed by atoms with E-state index < -0.39 is 17.4 Å². The van der Waals surface area contributed by atoms with Crippen LogP contribution < -0.4 is 10.6 Å². The number of carbonyl (C=O) groups is 3. The van der Waals surface area contributed by atoms with E-state index in [9.17, 15) is 14.4 Å². The third-order valence-corrected chi connectivity index (χ3v) is 8.17. The van der Waals surface area contributed by atoms with E-state index in [1.807, 2.05) is 24.3 Å². The lowest BCUT2D eigenvalue weighted by Gasteiger charge is -2.38. The molecule has 40 heavy (non-hydrogen) atoms. The van der Waals surface area contributed by atoms with Gasteiger partial charge in [-0.2, -0.15) is 0 Å². The lowest BCUT2D eigenvalue weighted by molar-refractivity contribution is -0.123. The van der Waals surface area contributed by atoms with Gasteiger partial charge in [0.1, 0.15) is 5.41 Å². The van der Waals surface area contributed by atoms with Crippen molar-refractivity contribution in [3.63, 3.8) is 0 Å². The van der Waals surface area contributed by atoms with Crippen LogP contribution in [0.2, 0.25) is 10.0 Å². The molecule has 0 aromatic heterocycles. The van der Waals surface area contributed by atoms with Crippen molar-refractivity contribution in [3.05, 3.63) is 93.5 Å². The highest BCUT2D eigenvalue weighted by Crippen LogP contribution is 2.60. The van der Waals surface area contributed by atoms with Gasteiger partial charge < -0.3 is 20.3 Å². The smallest absolute Gasteiger partial charge is 0.337 e. The van der Waals surface area contributed by atoms with Crippen LogP contribution in [0.3, 0.4) is 0 Å². The molecule has 2 aliphatic heterocycles. The molecule has 3 aromatic rings. The highest BCUT2D eigenvalue weighted by Gasteiger charge is 2.65. The first-order chi connectivity index (χ1) is 18.9. The second-order valence-electron chi connectivity index (χ2n) is 11.6. The Morgan fingerprint density at radius 3 is 2.40 bits per heavy atom. The molecule has 9 heteroatoms. The summed E-state index contributed by atoms with van der Waals surface area (Å²) in [5.74, 6) is -0.829. The Hall–Kier alpha value is -3.55. The summed E-state index contributed by atoms with van der Waals surface area (Å²) in [6, 6.07) is 18.3. The largest absolute Gasteiger partial charge is 0.465 e. The highest BCUT2D eigenvalue weighted by atomic mass is 35.5. The molecule has 2 aliphatic rings. The number of nitrogens with one attached hydrogen (secondary N) is 2. The van der Waals surface area contributed by atoms with Crippen molar-refractivity contribution in [2.45, 2.75) is 38.6 Å². The van der Waals surface area contributed by atoms with E-state index in [1.54, 1.807) is 47.4 Å². The van der Waals surface area contributed by atoms with Crippen molar-refractivity contribution < 1.29 is 19.1 Å². The second kappa shape index (κ2) is 10.5. The number of likely N-dealkylation sites (tertiary alicyclic amines) is 1. The predicted octanol–water partition coefficient (Wildman–Crippen LogP) is 7.31. The molecular formula is C31H31Cl2N3O4. The van der Waals surface area contributed by atoms with Gasteiger partial charge in [0.15, 0.2) is 0 Å². The molecule has 1 fully saturated rings. The number of hydrogen-bond acceptors (Lipinski definition) is 4. The number of rotatable bonds is 4. The number of urea groups is 1. The second-order valence-corrected chi connectivity index (χ2v) is 12.5. The summed E-state index contributed by atoms with van der Waals surface area (Å²) in [6.07, 6.45) is 0.692. The maximum atomic E-state index is 14.2. The molecule has 1 spiro atoms. The summed E-state index contributed by atoms with van der Waals surface area (Å²) < 4.78 is 4.77. The third-order valence-electron chi connectivity index (χ3n) is 7.70. The quantitative estimate of drug-likeness (QED) is 0.317. The normalized spacial score (nSPS) is 21.8. The number of hydrogen-bond donors (Lipinski definition) is 2.